The van der Waals surface area contributed by atoms with Crippen molar-refractivity contribution in [2.45, 2.75) is 84.1 Å². The highest BCUT2D eigenvalue weighted by molar-refractivity contribution is 5.79. The van der Waals surface area contributed by atoms with Crippen molar-refractivity contribution in [2.24, 2.45) is 17.8 Å². The van der Waals surface area contributed by atoms with Gasteiger partial charge in [-0.15, -0.1) is 0 Å². The molecule has 1 amide bonds. The second kappa shape index (κ2) is 11.9. The van der Waals surface area contributed by atoms with Crippen LogP contribution in [0, 0.1) is 17.8 Å². The first-order chi connectivity index (χ1) is 17.1. The maximum absolute atomic E-state index is 12.9. The van der Waals surface area contributed by atoms with Crippen molar-refractivity contribution in [3.8, 4) is 0 Å². The molecular formula is C27H41N5O3. The highest BCUT2D eigenvalue weighted by Crippen LogP contribution is 2.30. The molecular weight excluding hydrogens is 442 g/mol. The van der Waals surface area contributed by atoms with Crippen molar-refractivity contribution in [2.75, 3.05) is 23.9 Å². The van der Waals surface area contributed by atoms with Crippen LogP contribution in [0.5, 0.6) is 0 Å². The first-order valence-corrected chi connectivity index (χ1v) is 13.5. The van der Waals surface area contributed by atoms with Gasteiger partial charge in [0.1, 0.15) is 6.17 Å². The molecule has 1 aromatic rings. The van der Waals surface area contributed by atoms with E-state index in [2.05, 4.69) is 34.9 Å². The van der Waals surface area contributed by atoms with Gasteiger partial charge < -0.3 is 15.4 Å². The highest BCUT2D eigenvalue weighted by atomic mass is 16.5. The summed E-state index contributed by atoms with van der Waals surface area (Å²) in [5, 5.41) is 8.50. The van der Waals surface area contributed by atoms with E-state index in [9.17, 15) is 9.59 Å². The molecule has 8 nitrogen and oxygen atoms in total. The molecule has 8 heteroatoms. The van der Waals surface area contributed by atoms with Crippen molar-refractivity contribution in [1.82, 2.24) is 15.0 Å². The minimum Gasteiger partial charge on any atom is -0.371 e. The molecule has 3 aliphatic carbocycles. The molecule has 4 aliphatic rings. The van der Waals surface area contributed by atoms with Gasteiger partial charge in [-0.1, -0.05) is 51.0 Å². The van der Waals surface area contributed by atoms with E-state index >= 15 is 0 Å². The zero-order valence-corrected chi connectivity index (χ0v) is 21.4. The van der Waals surface area contributed by atoms with Crippen LogP contribution in [-0.2, 0) is 16.1 Å². The van der Waals surface area contributed by atoms with Gasteiger partial charge in [0.15, 0.2) is 0 Å². The molecule has 0 saturated heterocycles. The Kier molecular flexibility index (Phi) is 8.65. The lowest BCUT2D eigenvalue weighted by Crippen LogP contribution is -2.45. The summed E-state index contributed by atoms with van der Waals surface area (Å²) in [4.78, 5) is 30.3. The molecule has 2 N–H and O–H groups in total. The third-order valence-electron chi connectivity index (χ3n) is 7.37. The van der Waals surface area contributed by atoms with Crippen LogP contribution in [0.2, 0.25) is 0 Å². The van der Waals surface area contributed by atoms with Crippen LogP contribution in [0.1, 0.15) is 70.9 Å². The molecule has 1 aromatic heterocycles. The van der Waals surface area contributed by atoms with Crippen LogP contribution >= 0.6 is 0 Å². The second-order valence-corrected chi connectivity index (χ2v) is 9.87. The molecule has 192 valence electrons. The monoisotopic (exact) mass is 483 g/mol. The highest BCUT2D eigenvalue weighted by Gasteiger charge is 2.35. The Hall–Kier alpha value is -2.61. The summed E-state index contributed by atoms with van der Waals surface area (Å²) >= 11 is 0. The van der Waals surface area contributed by atoms with Gasteiger partial charge in [0.2, 0.25) is 11.9 Å². The number of ether oxygens (including phenoxy) is 1. The Bertz CT molecular complexity index is 984. The molecule has 0 bridgehead atoms. The molecule has 2 saturated carbocycles. The van der Waals surface area contributed by atoms with Crippen LogP contribution in [0.3, 0.4) is 0 Å². The lowest BCUT2D eigenvalue weighted by Gasteiger charge is -2.30. The number of aromatic nitrogens is 2. The van der Waals surface area contributed by atoms with E-state index in [0.717, 1.165) is 45.1 Å². The number of nitrogens with zero attached hydrogens (tertiary/aromatic N) is 3. The molecule has 0 radical (unpaired) electrons. The first-order valence-electron chi connectivity index (χ1n) is 13.5. The Morgan fingerprint density at radius 3 is 2.77 bits per heavy atom. The Labute approximate surface area is 208 Å². The largest absolute Gasteiger partial charge is 0.371 e. The summed E-state index contributed by atoms with van der Waals surface area (Å²) in [6.45, 7) is 5.03. The lowest BCUT2D eigenvalue weighted by atomic mass is 9.85. The summed E-state index contributed by atoms with van der Waals surface area (Å²) < 4.78 is 7.80. The van der Waals surface area contributed by atoms with Crippen LogP contribution in [0.4, 0.5) is 5.95 Å². The van der Waals surface area contributed by atoms with E-state index in [-0.39, 0.29) is 42.2 Å². The lowest BCUT2D eigenvalue weighted by molar-refractivity contribution is -0.133. The molecule has 2 heterocycles. The number of amides is 1. The summed E-state index contributed by atoms with van der Waals surface area (Å²) in [7, 11) is 1.92. The number of nitrogens with one attached hydrogen (secondary N) is 2. The normalized spacial score (nSPS) is 27.3. The number of carbonyl (C=O) groups is 1. The number of rotatable bonds is 7. The summed E-state index contributed by atoms with van der Waals surface area (Å²) in [5.74, 6) is 1.51. The molecule has 0 spiro atoms. The second-order valence-electron chi connectivity index (χ2n) is 9.87. The minimum atomic E-state index is -0.122. The van der Waals surface area contributed by atoms with E-state index in [1.807, 2.05) is 25.9 Å². The fourth-order valence-corrected chi connectivity index (χ4v) is 5.25. The standard InChI is InChI=1S/C25H35N5O3.C2H6/c1-29-23(18-8-4-2-3-5-9-18)28-25-27-19(14-22(31)30(25)29)16-33-21-11-7-6-10-20(21)24(32)26-15-17-12-13-17;1-2/h2-4,8,14,17-18,20-21,23H,5-7,9-13,15-16H2,1H3,(H,26,32)(H,27,28);1-2H3. The van der Waals surface area contributed by atoms with Crippen LogP contribution in [0.15, 0.2) is 35.2 Å². The third-order valence-corrected chi connectivity index (χ3v) is 7.37. The number of carbonyl (C=O) groups excluding carboxylic acids is 1. The molecule has 0 aromatic carbocycles. The Balaban J connectivity index is 0.00000141. The van der Waals surface area contributed by atoms with Gasteiger partial charge in [-0.05, 0) is 44.4 Å². The first kappa shape index (κ1) is 25.5. The van der Waals surface area contributed by atoms with E-state index in [0.29, 0.717) is 17.6 Å². The van der Waals surface area contributed by atoms with Crippen molar-refractivity contribution in [3.05, 3.63) is 46.4 Å². The molecule has 2 fully saturated rings. The third kappa shape index (κ3) is 6.15. The Morgan fingerprint density at radius 1 is 1.17 bits per heavy atom. The molecule has 4 unspecified atom stereocenters. The topological polar surface area (TPSA) is 88.5 Å². The average Bonchev–Trinajstić information content (AvgIpc) is 3.69. The predicted molar refractivity (Wildman–Crippen MR) is 139 cm³/mol. The minimum absolute atomic E-state index is 0.0181. The van der Waals surface area contributed by atoms with E-state index in [4.69, 9.17) is 9.72 Å². The average molecular weight is 484 g/mol. The zero-order valence-electron chi connectivity index (χ0n) is 21.4. The molecule has 4 atom stereocenters. The van der Waals surface area contributed by atoms with Gasteiger partial charge in [0.05, 0.1) is 24.3 Å². The maximum atomic E-state index is 12.9. The van der Waals surface area contributed by atoms with Crippen LogP contribution in [-0.4, -0.2) is 41.4 Å². The SMILES string of the molecule is CC.CN1C(C2C=CC=CCC2)Nc2nc(COC3CCCCC3C(=O)NCC3CC3)cc(=O)n21. The molecule has 5 rings (SSSR count). The van der Waals surface area contributed by atoms with Crippen molar-refractivity contribution in [3.63, 3.8) is 0 Å². The summed E-state index contributed by atoms with van der Waals surface area (Å²) in [5.41, 5.74) is 0.489. The Morgan fingerprint density at radius 2 is 1.97 bits per heavy atom. The van der Waals surface area contributed by atoms with Crippen molar-refractivity contribution < 1.29 is 9.53 Å². The number of allylic oxidation sites excluding steroid dienone is 3. The van der Waals surface area contributed by atoms with Gasteiger partial charge in [0.25, 0.3) is 5.56 Å². The number of anilines is 1. The van der Waals surface area contributed by atoms with Gasteiger partial charge >= 0.3 is 0 Å². The van der Waals surface area contributed by atoms with E-state index in [1.54, 1.807) is 10.7 Å². The van der Waals surface area contributed by atoms with Crippen molar-refractivity contribution >= 4 is 11.9 Å². The van der Waals surface area contributed by atoms with Gasteiger partial charge in [0, 0.05) is 25.6 Å². The predicted octanol–water partition coefficient (Wildman–Crippen LogP) is 3.71. The summed E-state index contributed by atoms with van der Waals surface area (Å²) in [6.07, 6.45) is 16.7. The van der Waals surface area contributed by atoms with Crippen LogP contribution in [0.25, 0.3) is 0 Å². The fourth-order valence-electron chi connectivity index (χ4n) is 5.25. The van der Waals surface area contributed by atoms with E-state index < -0.39 is 0 Å². The summed E-state index contributed by atoms with van der Waals surface area (Å²) in [6, 6.07) is 1.56. The smallest absolute Gasteiger partial charge is 0.274 e. The fraction of sp³-hybridized carbons (Fsp3) is 0.667. The molecule has 1 aliphatic heterocycles. The van der Waals surface area contributed by atoms with Gasteiger partial charge in [-0.2, -0.15) is 4.68 Å². The maximum Gasteiger partial charge on any atom is 0.274 e. The van der Waals surface area contributed by atoms with E-state index in [1.165, 1.54) is 12.8 Å². The van der Waals surface area contributed by atoms with Crippen LogP contribution < -0.4 is 21.2 Å². The zero-order chi connectivity index (χ0) is 24.8. The van der Waals surface area contributed by atoms with Crippen molar-refractivity contribution in [1.29, 1.82) is 0 Å². The van der Waals surface area contributed by atoms with Gasteiger partial charge in [-0.25, -0.2) is 4.98 Å². The number of hydrogen-bond acceptors (Lipinski definition) is 6. The van der Waals surface area contributed by atoms with Gasteiger partial charge in [-0.3, -0.25) is 14.6 Å². The number of hydrogen-bond donors (Lipinski definition) is 2. The molecule has 35 heavy (non-hydrogen) atoms. The number of fused-ring (bicyclic) bond motifs is 1. The quantitative estimate of drug-likeness (QED) is 0.615.